The molecule has 9 aromatic rings. The molecule has 5 aromatic heterocycles. The highest BCUT2D eigenvalue weighted by Gasteiger charge is 2.32. The van der Waals surface area contributed by atoms with Crippen molar-refractivity contribution in [1.82, 2.24) is 91.2 Å². The van der Waals surface area contributed by atoms with E-state index in [1.54, 1.807) is 50.5 Å². The lowest BCUT2D eigenvalue weighted by Gasteiger charge is -2.30. The summed E-state index contributed by atoms with van der Waals surface area (Å²) in [6.45, 7) is 49.4. The van der Waals surface area contributed by atoms with Gasteiger partial charge in [0.15, 0.2) is 52.4 Å². The molecule has 3 amide bonds. The van der Waals surface area contributed by atoms with Gasteiger partial charge in [0, 0.05) is 165 Å². The largest absolute Gasteiger partial charge is 0.463 e. The first-order valence-electron chi connectivity index (χ1n) is 48.3. The minimum Gasteiger partial charge on any atom is -0.463 e. The van der Waals surface area contributed by atoms with Crippen LogP contribution in [-0.2, 0) is 4.84 Å². The summed E-state index contributed by atoms with van der Waals surface area (Å²) in [5, 5.41) is 76.2. The van der Waals surface area contributed by atoms with E-state index in [1.165, 1.54) is 26.3 Å². The molecule has 0 bridgehead atoms. The molecular formula is C104H151N33O5. The number of hydrogen-bond donors (Lipinski definition) is 11. The molecule has 0 saturated carbocycles. The van der Waals surface area contributed by atoms with E-state index in [1.807, 2.05) is 112 Å². The minimum atomic E-state index is -0.358. The Bertz CT molecular complexity index is 5960. The Labute approximate surface area is 840 Å². The van der Waals surface area contributed by atoms with Crippen molar-refractivity contribution in [3.8, 4) is 41.7 Å². The van der Waals surface area contributed by atoms with Gasteiger partial charge in [-0.1, -0.05) is 127 Å². The molecule has 142 heavy (non-hydrogen) atoms. The number of benzene rings is 4. The van der Waals surface area contributed by atoms with Crippen molar-refractivity contribution in [2.45, 2.75) is 169 Å². The lowest BCUT2D eigenvalue weighted by Crippen LogP contribution is -2.35. The molecule has 0 aliphatic carbocycles. The highest BCUT2D eigenvalue weighted by Crippen LogP contribution is 2.39. The second-order valence-electron chi connectivity index (χ2n) is 42.8. The Hall–Kier alpha value is -13.9. The Morgan fingerprint density at radius 3 is 1.37 bits per heavy atom. The fourth-order valence-corrected chi connectivity index (χ4v) is 17.1. The van der Waals surface area contributed by atoms with Crippen LogP contribution in [0.15, 0.2) is 79.1 Å². The topological polar surface area (TPSA) is 456 Å². The highest BCUT2D eigenvalue weighted by atomic mass is 16.6. The van der Waals surface area contributed by atoms with Crippen LogP contribution in [-0.4, -0.2) is 269 Å². The lowest BCUT2D eigenvalue weighted by molar-refractivity contribution is 0.0537. The number of anilines is 15. The van der Waals surface area contributed by atoms with E-state index in [0.29, 0.717) is 165 Å². The van der Waals surface area contributed by atoms with Crippen LogP contribution < -0.4 is 82.6 Å². The number of aromatic amines is 1. The predicted octanol–water partition coefficient (Wildman–Crippen LogP) is 15.1. The summed E-state index contributed by atoms with van der Waals surface area (Å²) in [4.78, 5) is 101. The minimum absolute atomic E-state index is 0.000253. The van der Waals surface area contributed by atoms with Crippen LogP contribution in [0.4, 0.5) is 87.1 Å². The Morgan fingerprint density at radius 1 is 0.500 bits per heavy atom. The maximum atomic E-state index is 12.3. The number of likely N-dealkylation sites (tertiary alicyclic amines) is 1. The summed E-state index contributed by atoms with van der Waals surface area (Å²) < 4.78 is 6.04. The average Bonchev–Trinajstić information content (AvgIpc) is 0.927. The number of ether oxygens (including phenoxy) is 1. The number of hydrogen-bond acceptors (Lipinski definition) is 34. The first-order valence-corrected chi connectivity index (χ1v) is 48.3. The fourth-order valence-electron chi connectivity index (χ4n) is 17.1. The SMILES string of the molecule is CNC(=O)c1ccc(C)c(Nc2nc(NCC(C)(C)CN(C)C)nc(N(C)CC(C)(C)C)c2C#N)c1.CNC(=O)c1ccc(C)c(Nc2nc(OCCC3CCCN3C)nc(N(C)CC(C)(C)C)c2C#N)c1.CONC(=O)c1ccc(C)c(Nc2nc(N3CCCN(C)CC3)nc(N(C)CC(C)(C)C)c2C#N)c1.Cc1ccc(-c2ncn[nH]2)cc1Nc1nc(N[C@@H]2CCNC2)nc(N(C)CC(C)(C)C)c1C#N. The molecule has 4 aromatic carbocycles. The lowest BCUT2D eigenvalue weighted by atomic mass is 9.93. The number of amides is 3. The van der Waals surface area contributed by atoms with Crippen LogP contribution in [0.5, 0.6) is 6.01 Å². The van der Waals surface area contributed by atoms with Crippen LogP contribution in [0.2, 0.25) is 0 Å². The number of carbonyl (C=O) groups is 3. The number of nitrogens with one attached hydrogen (secondary N) is 11. The molecule has 3 fully saturated rings. The first-order chi connectivity index (χ1) is 66.9. The van der Waals surface area contributed by atoms with Crippen LogP contribution >= 0.6 is 0 Å². The molecule has 1 unspecified atom stereocenters. The normalized spacial score (nSPS) is 14.5. The summed E-state index contributed by atoms with van der Waals surface area (Å²) in [6.07, 6.45) is 6.75. The predicted molar refractivity (Wildman–Crippen MR) is 568 cm³/mol. The van der Waals surface area contributed by atoms with Gasteiger partial charge in [0.1, 0.15) is 52.9 Å². The standard InChI is InChI=1S/C27H42N8O.C27H39N7O2.C26H38N8O2.C24H32N10/c1-18-11-12-19(24(36)29-7)13-21(18)31-22-20(14-28)23(35(10)16-26(2,3)4)33-25(32-22)30-15-27(5,6)17-34(8)9;1-18-10-11-19(25(35)29-5)15-22(18)30-23-21(16-28)24(34(7)17-27(2,3)4)32-26(31-23)36-14-12-20-9-8-13-33(20)6;1-18-9-10-19(24(35)31-36-7)15-21(18)28-22-20(16-27)23(33(6)17-26(2,3)4)30-25(29-22)34-12-8-11-32(5)13-14-34;1-15-6-7-16(20-27-14-28-33-20)10-19(15)30-21-18(11-25)22(34(5)13-24(2,3)4)32-23(31-21)29-17-8-9-26-12-17/h11-13H,15-17H2,1-10H3,(H,29,36)(H2,30,31,32,33);10-11,15,20H,8-9,12-14,17H2,1-7H3,(H,29,35)(H,30,31,32);9-10,15H,8,11-14,17H2,1-7H3,(H,31,35)(H,28,29,30);6-7,10,14,17,26H,8-9,12-13H2,1-5H3,(H,27,28,33)(H2,29,30,31,32)/t;;;17-/m...1/s1. The quantitative estimate of drug-likeness (QED) is 0.0170. The smallest absolute Gasteiger partial charge is 0.320 e. The van der Waals surface area contributed by atoms with E-state index in [4.69, 9.17) is 39.5 Å². The molecule has 0 spiro atoms. The molecule has 0 radical (unpaired) electrons. The molecule has 3 aliphatic rings. The van der Waals surface area contributed by atoms with Crippen LogP contribution in [0.25, 0.3) is 11.4 Å². The van der Waals surface area contributed by atoms with Crippen molar-refractivity contribution in [2.24, 2.45) is 27.1 Å². The number of aromatic nitrogens is 11. The summed E-state index contributed by atoms with van der Waals surface area (Å²) in [5.41, 5.74) is 12.8. The third kappa shape index (κ3) is 32.9. The highest BCUT2D eigenvalue weighted by molar-refractivity contribution is 5.97. The summed E-state index contributed by atoms with van der Waals surface area (Å²) in [7, 11) is 20.7. The monoisotopic (exact) mass is 1940 g/mol. The molecule has 12 rings (SSSR count). The number of rotatable bonds is 33. The molecule has 38 nitrogen and oxygen atoms in total. The van der Waals surface area contributed by atoms with E-state index < -0.39 is 0 Å². The molecule has 2 atom stereocenters. The van der Waals surface area contributed by atoms with Crippen LogP contribution in [0.3, 0.4) is 0 Å². The number of likely N-dealkylation sites (N-methyl/N-ethyl adjacent to an activating group) is 1. The molecular weight excluding hydrogens is 1790 g/mol. The zero-order valence-electron chi connectivity index (χ0n) is 89.0. The van der Waals surface area contributed by atoms with E-state index in [-0.39, 0.29) is 56.8 Å². The van der Waals surface area contributed by atoms with E-state index in [2.05, 4.69) is 247 Å². The number of aryl methyl sites for hydroxylation is 4. The number of carbonyl (C=O) groups excluding carboxylic acids is 3. The molecule has 3 saturated heterocycles. The zero-order chi connectivity index (χ0) is 104. The van der Waals surface area contributed by atoms with E-state index in [0.717, 1.165) is 112 Å². The molecule has 11 N–H and O–H groups in total. The van der Waals surface area contributed by atoms with Crippen LogP contribution in [0, 0.1) is 100 Å². The Kier molecular flexibility index (Phi) is 39.3. The van der Waals surface area contributed by atoms with Crippen molar-refractivity contribution in [2.75, 3.05) is 226 Å². The summed E-state index contributed by atoms with van der Waals surface area (Å²) in [6, 6.07) is 32.3. The van der Waals surface area contributed by atoms with Gasteiger partial charge < -0.3 is 91.8 Å². The number of nitriles is 4. The van der Waals surface area contributed by atoms with Gasteiger partial charge in [-0.25, -0.2) is 10.5 Å². The van der Waals surface area contributed by atoms with E-state index >= 15 is 0 Å². The van der Waals surface area contributed by atoms with Gasteiger partial charge in [-0.2, -0.15) is 66.0 Å². The van der Waals surface area contributed by atoms with Gasteiger partial charge in [-0.3, -0.25) is 24.3 Å². The first kappa shape index (κ1) is 112. The van der Waals surface area contributed by atoms with Crippen molar-refractivity contribution < 1.29 is 24.0 Å². The Balaban J connectivity index is 0.000000211. The van der Waals surface area contributed by atoms with E-state index in [9.17, 15) is 35.4 Å². The summed E-state index contributed by atoms with van der Waals surface area (Å²) in [5.74, 6) is 5.39. The number of hydroxylamine groups is 1. The molecule has 3 aliphatic heterocycles. The average molecular weight is 1940 g/mol. The summed E-state index contributed by atoms with van der Waals surface area (Å²) >= 11 is 0. The maximum absolute atomic E-state index is 12.3. The number of H-pyrrole nitrogens is 1. The zero-order valence-corrected chi connectivity index (χ0v) is 89.0. The number of nitrogens with zero attached hydrogens (tertiary/aromatic N) is 22. The van der Waals surface area contributed by atoms with Crippen molar-refractivity contribution in [3.05, 3.63) is 140 Å². The third-order valence-electron chi connectivity index (χ3n) is 23.6. The Morgan fingerprint density at radius 2 is 0.944 bits per heavy atom. The molecule has 762 valence electrons. The van der Waals surface area contributed by atoms with Gasteiger partial charge in [-0.05, 0) is 199 Å². The third-order valence-corrected chi connectivity index (χ3v) is 23.6. The van der Waals surface area contributed by atoms with Crippen LogP contribution in [0.1, 0.15) is 205 Å². The second-order valence-corrected chi connectivity index (χ2v) is 42.8. The van der Waals surface area contributed by atoms with Gasteiger partial charge in [-0.15, -0.1) is 0 Å². The van der Waals surface area contributed by atoms with Crippen molar-refractivity contribution in [3.63, 3.8) is 0 Å². The maximum Gasteiger partial charge on any atom is 0.320 e. The van der Waals surface area contributed by atoms with Crippen molar-refractivity contribution >= 4 is 105 Å². The van der Waals surface area contributed by atoms with Gasteiger partial charge in [0.05, 0.1) is 13.7 Å². The fraction of sp³-hybridized carbons (Fsp3) is 0.529. The molecule has 38 heteroatoms. The second kappa shape index (κ2) is 50.0. The van der Waals surface area contributed by atoms with Crippen molar-refractivity contribution in [1.29, 1.82) is 21.0 Å². The van der Waals surface area contributed by atoms with Gasteiger partial charge in [0.2, 0.25) is 17.8 Å². The van der Waals surface area contributed by atoms with Gasteiger partial charge in [0.25, 0.3) is 17.7 Å². The van der Waals surface area contributed by atoms with Gasteiger partial charge >= 0.3 is 6.01 Å². The molecule has 8 heterocycles.